The largest absolute Gasteiger partial charge is 0.486 e. The van der Waals surface area contributed by atoms with Gasteiger partial charge >= 0.3 is 0 Å². The number of carbonyl (C=O) groups is 1. The van der Waals surface area contributed by atoms with E-state index in [2.05, 4.69) is 10.3 Å². The number of allylic oxidation sites excluding steroid dienone is 1. The average Bonchev–Trinajstić information content (AvgIpc) is 3.37. The van der Waals surface area contributed by atoms with E-state index in [-0.39, 0.29) is 48.8 Å². The minimum absolute atomic E-state index is 0.00572. The van der Waals surface area contributed by atoms with E-state index < -0.39 is 24.0 Å². The first kappa shape index (κ1) is 23.9. The SMILES string of the molecule is N=C1CN(C(=O)c2ccc(F)cc2O[C@@H]2C[C@@H]3CC[C@H](C2F)N3CCO)C/C1=C1\N=CC(Cl)=CN1. The standard InChI is InChI=1S/C24H26ClF2N5O3/c25-13-9-29-23(30-10-13)17-11-31(12-18(17)28)24(34)16-3-1-14(26)7-20(16)35-21-8-15-2-4-19(22(21)27)32(15)5-6-33/h1,3,7,9-10,15,19,21-22,28-29,33H,2,4-6,8,11-12H2/b23-17+,28-18?/t15-,19+,21+,22?/m0/s1. The quantitative estimate of drug-likeness (QED) is 0.571. The van der Waals surface area contributed by atoms with Crippen molar-refractivity contribution in [3.05, 3.63) is 52.2 Å². The molecule has 0 spiro atoms. The molecule has 4 atom stereocenters. The van der Waals surface area contributed by atoms with Gasteiger partial charge in [0.1, 0.15) is 23.5 Å². The van der Waals surface area contributed by atoms with Gasteiger partial charge in [0.15, 0.2) is 6.17 Å². The maximum atomic E-state index is 15.4. The van der Waals surface area contributed by atoms with Crippen molar-refractivity contribution in [2.24, 2.45) is 4.99 Å². The first-order chi connectivity index (χ1) is 16.9. The van der Waals surface area contributed by atoms with Gasteiger partial charge in [-0.3, -0.25) is 9.69 Å². The Balaban J connectivity index is 1.35. The number of rotatable bonds is 5. The Bertz CT molecular complexity index is 1140. The van der Waals surface area contributed by atoms with Crippen LogP contribution in [0.15, 0.2) is 45.8 Å². The number of nitrogens with one attached hydrogen (secondary N) is 2. The Kier molecular flexibility index (Phi) is 6.61. The van der Waals surface area contributed by atoms with E-state index >= 15 is 4.39 Å². The Morgan fingerprint density at radius 3 is 2.91 bits per heavy atom. The first-order valence-corrected chi connectivity index (χ1v) is 12.0. The highest BCUT2D eigenvalue weighted by atomic mass is 35.5. The van der Waals surface area contributed by atoms with Crippen LogP contribution in [-0.2, 0) is 0 Å². The molecule has 2 bridgehead atoms. The Morgan fingerprint density at radius 2 is 2.17 bits per heavy atom. The highest BCUT2D eigenvalue weighted by Crippen LogP contribution is 2.39. The fourth-order valence-electron chi connectivity index (χ4n) is 5.38. The molecule has 3 saturated heterocycles. The number of alkyl halides is 1. The molecule has 3 fully saturated rings. The summed E-state index contributed by atoms with van der Waals surface area (Å²) >= 11 is 5.87. The Labute approximate surface area is 206 Å². The van der Waals surface area contributed by atoms with Crippen molar-refractivity contribution in [2.45, 2.75) is 43.6 Å². The molecule has 1 aromatic rings. The van der Waals surface area contributed by atoms with E-state index in [1.807, 2.05) is 4.90 Å². The number of piperidine rings is 1. The second kappa shape index (κ2) is 9.67. The van der Waals surface area contributed by atoms with Crippen LogP contribution in [0.3, 0.4) is 0 Å². The Morgan fingerprint density at radius 1 is 1.34 bits per heavy atom. The molecule has 1 amide bonds. The van der Waals surface area contributed by atoms with Crippen molar-refractivity contribution in [3.8, 4) is 5.75 Å². The summed E-state index contributed by atoms with van der Waals surface area (Å²) in [5.74, 6) is -0.594. The minimum Gasteiger partial charge on any atom is -0.486 e. The number of amides is 1. The summed E-state index contributed by atoms with van der Waals surface area (Å²) in [4.78, 5) is 21.0. The van der Waals surface area contributed by atoms with Gasteiger partial charge in [-0.25, -0.2) is 13.8 Å². The molecule has 0 aromatic heterocycles. The van der Waals surface area contributed by atoms with Gasteiger partial charge in [0.25, 0.3) is 5.91 Å². The molecule has 5 rings (SSSR count). The molecule has 1 aromatic carbocycles. The van der Waals surface area contributed by atoms with Crippen molar-refractivity contribution >= 4 is 29.4 Å². The zero-order valence-electron chi connectivity index (χ0n) is 18.9. The number of hydrogen-bond donors (Lipinski definition) is 3. The van der Waals surface area contributed by atoms with Gasteiger partial charge in [0.2, 0.25) is 0 Å². The van der Waals surface area contributed by atoms with Crippen LogP contribution in [0.25, 0.3) is 0 Å². The van der Waals surface area contributed by atoms with Crippen molar-refractivity contribution in [3.63, 3.8) is 0 Å². The molecule has 0 radical (unpaired) electrons. The van der Waals surface area contributed by atoms with Crippen LogP contribution in [0, 0.1) is 11.2 Å². The van der Waals surface area contributed by atoms with Gasteiger partial charge in [-0.05, 0) is 25.0 Å². The maximum Gasteiger partial charge on any atom is 0.258 e. The summed E-state index contributed by atoms with van der Waals surface area (Å²) < 4.78 is 35.5. The van der Waals surface area contributed by atoms with Crippen molar-refractivity contribution < 1.29 is 23.4 Å². The first-order valence-electron chi connectivity index (χ1n) is 11.6. The zero-order chi connectivity index (χ0) is 24.7. The average molecular weight is 506 g/mol. The van der Waals surface area contributed by atoms with Gasteiger partial charge in [-0.1, -0.05) is 11.6 Å². The zero-order valence-corrected chi connectivity index (χ0v) is 19.6. The lowest BCUT2D eigenvalue weighted by atomic mass is 9.97. The molecule has 4 aliphatic rings. The van der Waals surface area contributed by atoms with Crippen LogP contribution >= 0.6 is 11.6 Å². The van der Waals surface area contributed by atoms with Crippen LogP contribution in [0.4, 0.5) is 8.78 Å². The summed E-state index contributed by atoms with van der Waals surface area (Å²) in [5.41, 5.74) is 0.896. The van der Waals surface area contributed by atoms with E-state index in [0.717, 1.165) is 12.5 Å². The third-order valence-corrected chi connectivity index (χ3v) is 7.23. The van der Waals surface area contributed by atoms with Gasteiger partial charge in [-0.2, -0.15) is 0 Å². The number of aliphatic imine (C=N–C) groups is 1. The monoisotopic (exact) mass is 505 g/mol. The molecule has 0 aliphatic carbocycles. The molecule has 186 valence electrons. The summed E-state index contributed by atoms with van der Waals surface area (Å²) in [6, 6.07) is 3.34. The lowest BCUT2D eigenvalue weighted by molar-refractivity contribution is -0.0278. The Hall–Kier alpha value is -2.82. The smallest absolute Gasteiger partial charge is 0.258 e. The van der Waals surface area contributed by atoms with Crippen LogP contribution in [-0.4, -0.2) is 83.3 Å². The number of aliphatic hydroxyl groups is 1. The third-order valence-electron chi connectivity index (χ3n) is 7.03. The maximum absolute atomic E-state index is 15.4. The number of ether oxygens (including phenoxy) is 1. The van der Waals surface area contributed by atoms with Gasteiger partial charge < -0.3 is 25.5 Å². The predicted octanol–water partition coefficient (Wildman–Crippen LogP) is 2.58. The number of nitrogens with zero attached hydrogens (tertiary/aromatic N) is 3. The van der Waals surface area contributed by atoms with Crippen molar-refractivity contribution in [1.29, 1.82) is 5.41 Å². The molecule has 3 N–H and O–H groups in total. The fourth-order valence-corrected chi connectivity index (χ4v) is 5.48. The van der Waals surface area contributed by atoms with E-state index in [1.165, 1.54) is 23.2 Å². The second-order valence-electron chi connectivity index (χ2n) is 9.14. The molecular weight excluding hydrogens is 480 g/mol. The number of hydrogen-bond acceptors (Lipinski definition) is 7. The second-order valence-corrected chi connectivity index (χ2v) is 9.57. The highest BCUT2D eigenvalue weighted by Gasteiger charge is 2.48. The van der Waals surface area contributed by atoms with Crippen LogP contribution in [0.5, 0.6) is 5.75 Å². The molecule has 11 heteroatoms. The normalized spacial score (nSPS) is 30.5. The number of aliphatic hydroxyl groups excluding tert-OH is 1. The number of fused-ring (bicyclic) bond motifs is 2. The van der Waals surface area contributed by atoms with Crippen LogP contribution in [0.2, 0.25) is 0 Å². The van der Waals surface area contributed by atoms with Gasteiger partial charge in [-0.15, -0.1) is 0 Å². The molecule has 8 nitrogen and oxygen atoms in total. The van der Waals surface area contributed by atoms with E-state index in [9.17, 15) is 14.3 Å². The number of halogens is 3. The predicted molar refractivity (Wildman–Crippen MR) is 127 cm³/mol. The lowest BCUT2D eigenvalue weighted by Gasteiger charge is -2.41. The molecular formula is C24H26ClF2N5O3. The number of carbonyl (C=O) groups excluding carboxylic acids is 1. The lowest BCUT2D eigenvalue weighted by Crippen LogP contribution is -2.54. The molecule has 1 unspecified atom stereocenters. The summed E-state index contributed by atoms with van der Waals surface area (Å²) in [7, 11) is 0. The van der Waals surface area contributed by atoms with Gasteiger partial charge in [0.05, 0.1) is 36.0 Å². The highest BCUT2D eigenvalue weighted by molar-refractivity contribution is 6.39. The van der Waals surface area contributed by atoms with E-state index in [0.29, 0.717) is 35.8 Å². The molecule has 4 heterocycles. The van der Waals surface area contributed by atoms with Crippen molar-refractivity contribution in [2.75, 3.05) is 26.2 Å². The van der Waals surface area contributed by atoms with Crippen LogP contribution in [0.1, 0.15) is 29.6 Å². The number of benzene rings is 1. The minimum atomic E-state index is -1.32. The third kappa shape index (κ3) is 4.57. The van der Waals surface area contributed by atoms with E-state index in [1.54, 1.807) is 6.20 Å². The van der Waals surface area contributed by atoms with Crippen LogP contribution < -0.4 is 10.1 Å². The molecule has 0 saturated carbocycles. The molecule has 35 heavy (non-hydrogen) atoms. The van der Waals surface area contributed by atoms with Gasteiger partial charge in [0, 0.05) is 49.1 Å². The summed E-state index contributed by atoms with van der Waals surface area (Å²) in [5, 5.41) is 21.0. The number of likely N-dealkylation sites (tertiary alicyclic amines) is 1. The van der Waals surface area contributed by atoms with E-state index in [4.69, 9.17) is 21.7 Å². The summed E-state index contributed by atoms with van der Waals surface area (Å²) in [6.07, 6.45) is 2.74. The van der Waals surface area contributed by atoms with Crippen molar-refractivity contribution in [1.82, 2.24) is 15.1 Å². The fraction of sp³-hybridized carbons (Fsp3) is 0.458. The summed E-state index contributed by atoms with van der Waals surface area (Å²) in [6.45, 7) is 0.556. The molecule has 4 aliphatic heterocycles. The topological polar surface area (TPSA) is 101 Å².